The predicted octanol–water partition coefficient (Wildman–Crippen LogP) is 2.86. The van der Waals surface area contributed by atoms with Crippen LogP contribution >= 0.6 is 11.6 Å². The summed E-state index contributed by atoms with van der Waals surface area (Å²) in [7, 11) is 1.66. The summed E-state index contributed by atoms with van der Waals surface area (Å²) < 4.78 is 16.7. The van der Waals surface area contributed by atoms with Crippen molar-refractivity contribution in [3.63, 3.8) is 0 Å². The summed E-state index contributed by atoms with van der Waals surface area (Å²) in [4.78, 5) is 0. The van der Waals surface area contributed by atoms with Gasteiger partial charge in [0, 0.05) is 13.5 Å². The fourth-order valence-corrected chi connectivity index (χ4v) is 2.37. The number of halogens is 1. The van der Waals surface area contributed by atoms with Crippen LogP contribution in [0.4, 0.5) is 0 Å². The zero-order chi connectivity index (χ0) is 12.3. The first-order chi connectivity index (χ1) is 8.26. The van der Waals surface area contributed by atoms with Gasteiger partial charge < -0.3 is 14.2 Å². The van der Waals surface area contributed by atoms with Gasteiger partial charge in [-0.1, -0.05) is 12.1 Å². The lowest BCUT2D eigenvalue weighted by Gasteiger charge is -2.39. The van der Waals surface area contributed by atoms with Crippen LogP contribution in [0.25, 0.3) is 0 Å². The zero-order valence-electron chi connectivity index (χ0n) is 10.1. The van der Waals surface area contributed by atoms with Crippen molar-refractivity contribution in [3.05, 3.63) is 24.3 Å². The Morgan fingerprint density at radius 2 is 2.00 bits per heavy atom. The van der Waals surface area contributed by atoms with E-state index in [1.807, 2.05) is 31.2 Å². The van der Waals surface area contributed by atoms with E-state index >= 15 is 0 Å². The molecule has 0 heterocycles. The van der Waals surface area contributed by atoms with Crippen molar-refractivity contribution in [1.29, 1.82) is 0 Å². The summed E-state index contributed by atoms with van der Waals surface area (Å²) in [6.45, 7) is 2.57. The average molecular weight is 257 g/mol. The monoisotopic (exact) mass is 256 g/mol. The van der Waals surface area contributed by atoms with E-state index in [0.717, 1.165) is 17.9 Å². The average Bonchev–Trinajstić information content (AvgIpc) is 2.31. The minimum Gasteiger partial charge on any atom is -0.490 e. The molecular weight excluding hydrogens is 240 g/mol. The summed E-state index contributed by atoms with van der Waals surface area (Å²) in [5, 5.41) is 0.0456. The van der Waals surface area contributed by atoms with Crippen molar-refractivity contribution in [2.24, 2.45) is 0 Å². The van der Waals surface area contributed by atoms with Gasteiger partial charge in [-0.05, 0) is 19.1 Å². The molecule has 0 amide bonds. The molecule has 0 N–H and O–H groups in total. The third-order valence-electron chi connectivity index (χ3n) is 2.88. The van der Waals surface area contributed by atoms with Gasteiger partial charge in [-0.25, -0.2) is 0 Å². The molecule has 0 radical (unpaired) electrons. The van der Waals surface area contributed by atoms with Crippen LogP contribution in [0.1, 0.15) is 13.3 Å². The number of rotatable bonds is 5. The highest BCUT2D eigenvalue weighted by Crippen LogP contribution is 2.35. The minimum absolute atomic E-state index is 0.0177. The normalized spacial score (nSPS) is 27.4. The standard InChI is InChI=1S/C13H17ClO3/c1-3-16-10-6-4-5-7-11(10)17-12-8-9(14)13(12)15-2/h4-7,9,12-13H,3,8H2,1-2H3. The minimum atomic E-state index is -0.0358. The predicted molar refractivity (Wildman–Crippen MR) is 67.1 cm³/mol. The second-order valence-corrected chi connectivity index (χ2v) is 4.55. The number of hydrogen-bond acceptors (Lipinski definition) is 3. The van der Waals surface area contributed by atoms with Crippen LogP contribution in [0, 0.1) is 0 Å². The molecule has 0 bridgehead atoms. The second kappa shape index (κ2) is 5.61. The second-order valence-electron chi connectivity index (χ2n) is 3.99. The van der Waals surface area contributed by atoms with Crippen molar-refractivity contribution in [2.75, 3.05) is 13.7 Å². The number of alkyl halides is 1. The maximum atomic E-state index is 6.04. The molecule has 3 nitrogen and oxygen atoms in total. The fraction of sp³-hybridized carbons (Fsp3) is 0.538. The number of para-hydroxylation sites is 2. The maximum absolute atomic E-state index is 6.04. The number of ether oxygens (including phenoxy) is 3. The molecule has 0 spiro atoms. The number of hydrogen-bond donors (Lipinski definition) is 0. The van der Waals surface area contributed by atoms with Crippen molar-refractivity contribution in [2.45, 2.75) is 30.9 Å². The maximum Gasteiger partial charge on any atom is 0.161 e. The Morgan fingerprint density at radius 3 is 2.59 bits per heavy atom. The Balaban J connectivity index is 2.03. The van der Waals surface area contributed by atoms with Gasteiger partial charge in [-0.3, -0.25) is 0 Å². The Hall–Kier alpha value is -0.930. The van der Waals surface area contributed by atoms with Gasteiger partial charge in [0.05, 0.1) is 12.0 Å². The molecule has 94 valence electrons. The van der Waals surface area contributed by atoms with Crippen molar-refractivity contribution >= 4 is 11.6 Å². The van der Waals surface area contributed by atoms with Gasteiger partial charge in [-0.2, -0.15) is 0 Å². The van der Waals surface area contributed by atoms with Crippen LogP contribution in [-0.4, -0.2) is 31.3 Å². The quantitative estimate of drug-likeness (QED) is 0.759. The van der Waals surface area contributed by atoms with E-state index in [1.165, 1.54) is 0 Å². The van der Waals surface area contributed by atoms with Crippen LogP contribution < -0.4 is 9.47 Å². The molecule has 1 fully saturated rings. The Kier molecular flexibility index (Phi) is 4.13. The molecule has 1 aromatic rings. The molecule has 3 atom stereocenters. The van der Waals surface area contributed by atoms with E-state index in [4.69, 9.17) is 25.8 Å². The largest absolute Gasteiger partial charge is 0.490 e. The van der Waals surface area contributed by atoms with Crippen molar-refractivity contribution in [1.82, 2.24) is 0 Å². The summed E-state index contributed by atoms with van der Waals surface area (Å²) >= 11 is 6.04. The smallest absolute Gasteiger partial charge is 0.161 e. The molecule has 1 aromatic carbocycles. The van der Waals surface area contributed by atoms with E-state index in [0.29, 0.717) is 6.61 Å². The van der Waals surface area contributed by atoms with Crippen LogP contribution in [0.15, 0.2) is 24.3 Å². The summed E-state index contributed by atoms with van der Waals surface area (Å²) in [6, 6.07) is 7.66. The van der Waals surface area contributed by atoms with Gasteiger partial charge in [0.15, 0.2) is 11.5 Å². The molecule has 17 heavy (non-hydrogen) atoms. The van der Waals surface area contributed by atoms with Gasteiger partial charge in [0.1, 0.15) is 12.2 Å². The third-order valence-corrected chi connectivity index (χ3v) is 3.31. The van der Waals surface area contributed by atoms with Crippen LogP contribution in [0.3, 0.4) is 0 Å². The van der Waals surface area contributed by atoms with E-state index in [2.05, 4.69) is 0 Å². The first-order valence-electron chi connectivity index (χ1n) is 5.81. The fourth-order valence-electron chi connectivity index (χ4n) is 1.93. The Bertz CT molecular complexity index is 369. The van der Waals surface area contributed by atoms with Crippen molar-refractivity contribution in [3.8, 4) is 11.5 Å². The Labute approximate surface area is 107 Å². The highest BCUT2D eigenvalue weighted by molar-refractivity contribution is 6.21. The SMILES string of the molecule is CCOc1ccccc1OC1CC(Cl)C1OC. The molecule has 4 heteroatoms. The summed E-state index contributed by atoms with van der Waals surface area (Å²) in [5.74, 6) is 1.52. The molecule has 0 aliphatic heterocycles. The number of benzene rings is 1. The van der Waals surface area contributed by atoms with Gasteiger partial charge in [0.25, 0.3) is 0 Å². The molecule has 3 unspecified atom stereocenters. The highest BCUT2D eigenvalue weighted by Gasteiger charge is 2.42. The van der Waals surface area contributed by atoms with Crippen LogP contribution in [0.5, 0.6) is 11.5 Å². The molecular formula is C13H17ClO3. The first kappa shape index (κ1) is 12.5. The van der Waals surface area contributed by atoms with E-state index in [1.54, 1.807) is 7.11 Å². The lowest BCUT2D eigenvalue weighted by Crippen LogP contribution is -2.52. The number of methoxy groups -OCH3 is 1. The molecule has 2 rings (SSSR count). The van der Waals surface area contributed by atoms with Gasteiger partial charge >= 0.3 is 0 Å². The van der Waals surface area contributed by atoms with E-state index in [-0.39, 0.29) is 17.6 Å². The van der Waals surface area contributed by atoms with E-state index < -0.39 is 0 Å². The molecule has 1 aliphatic carbocycles. The van der Waals surface area contributed by atoms with Gasteiger partial charge in [0.2, 0.25) is 0 Å². The molecule has 1 saturated carbocycles. The lowest BCUT2D eigenvalue weighted by atomic mass is 9.91. The first-order valence-corrected chi connectivity index (χ1v) is 6.25. The molecule has 1 aliphatic rings. The highest BCUT2D eigenvalue weighted by atomic mass is 35.5. The van der Waals surface area contributed by atoms with Crippen molar-refractivity contribution < 1.29 is 14.2 Å². The summed E-state index contributed by atoms with van der Waals surface area (Å²) in [5.41, 5.74) is 0. The Morgan fingerprint density at radius 1 is 1.29 bits per heavy atom. The molecule has 0 saturated heterocycles. The van der Waals surface area contributed by atoms with Crippen LogP contribution in [-0.2, 0) is 4.74 Å². The lowest BCUT2D eigenvalue weighted by molar-refractivity contribution is -0.0592. The van der Waals surface area contributed by atoms with Crippen LogP contribution in [0.2, 0.25) is 0 Å². The summed E-state index contributed by atoms with van der Waals surface area (Å²) in [6.07, 6.45) is 0.788. The third kappa shape index (κ3) is 2.67. The van der Waals surface area contributed by atoms with E-state index in [9.17, 15) is 0 Å². The van der Waals surface area contributed by atoms with Gasteiger partial charge in [-0.15, -0.1) is 11.6 Å². The zero-order valence-corrected chi connectivity index (χ0v) is 10.8. The topological polar surface area (TPSA) is 27.7 Å². The molecule has 0 aromatic heterocycles.